The molecule has 0 aromatic rings. The van der Waals surface area contributed by atoms with Gasteiger partial charge in [0.05, 0.1) is 0 Å². The molecule has 1 aliphatic rings. The first kappa shape index (κ1) is 67.9. The van der Waals surface area contributed by atoms with Gasteiger partial charge in [-0.3, -0.25) is 0 Å². The van der Waals surface area contributed by atoms with Crippen LogP contribution in [0.2, 0.25) is 0 Å². The molecule has 0 aromatic heterocycles. The average Bonchev–Trinajstić information content (AvgIpc) is 3.20. The summed E-state index contributed by atoms with van der Waals surface area (Å²) in [7, 11) is 0. The third kappa shape index (κ3) is 50.0. The van der Waals surface area contributed by atoms with Crippen molar-refractivity contribution >= 4 is 0 Å². The second-order valence-electron chi connectivity index (χ2n) is 11.3. The minimum absolute atomic E-state index is 0.451. The summed E-state index contributed by atoms with van der Waals surface area (Å²) in [5, 5.41) is 0. The topological polar surface area (TPSA) is 36.9 Å². The fourth-order valence-electron chi connectivity index (χ4n) is 6.17. The van der Waals surface area contributed by atoms with E-state index in [1.165, 1.54) is 51.4 Å². The largest absolute Gasteiger partial charge is 0.355 e. The number of rotatable bonds is 4. The molecule has 1 saturated heterocycles. The Bertz CT molecular complexity index is 374. The highest BCUT2D eigenvalue weighted by Gasteiger charge is 2.23. The van der Waals surface area contributed by atoms with E-state index in [2.05, 4.69) is 41.5 Å². The van der Waals surface area contributed by atoms with Crippen LogP contribution in [0.1, 0.15) is 229 Å². The first-order valence-electron chi connectivity index (χ1n) is 22.8. The monoisotopic (exact) mass is 725 g/mol. The summed E-state index contributed by atoms with van der Waals surface area (Å²) in [4.78, 5) is 0. The van der Waals surface area contributed by atoms with Crippen LogP contribution >= 0.6 is 0 Å². The van der Waals surface area contributed by atoms with Crippen LogP contribution in [0, 0.1) is 35.5 Å². The predicted molar refractivity (Wildman–Crippen MR) is 235 cm³/mol. The average molecular weight is 725 g/mol. The Morgan fingerprint density at radius 1 is 0.340 bits per heavy atom. The molecule has 0 bridgehead atoms. The number of hydrogen-bond donors (Lipinski definition) is 0. The molecule has 0 radical (unpaired) electrons. The zero-order valence-electron chi connectivity index (χ0n) is 39.8. The Morgan fingerprint density at radius 2 is 0.520 bits per heavy atom. The van der Waals surface area contributed by atoms with Crippen molar-refractivity contribution in [2.75, 3.05) is 40.0 Å². The second kappa shape index (κ2) is 70.4. The van der Waals surface area contributed by atoms with Gasteiger partial charge in [-0.1, -0.05) is 178 Å². The zero-order valence-corrected chi connectivity index (χ0v) is 39.8. The highest BCUT2D eigenvalue weighted by atomic mass is 16.7. The maximum absolute atomic E-state index is 5.80. The van der Waals surface area contributed by atoms with Gasteiger partial charge in [0.15, 0.2) is 0 Å². The summed E-state index contributed by atoms with van der Waals surface area (Å²) in [6.07, 6.45) is 14.7. The van der Waals surface area contributed by atoms with E-state index in [1.807, 2.05) is 111 Å². The van der Waals surface area contributed by atoms with Crippen LogP contribution < -0.4 is 0 Å². The lowest BCUT2D eigenvalue weighted by atomic mass is 9.76. The molecular formula is C46H108O4. The number of ether oxygens (including phenoxy) is 4. The van der Waals surface area contributed by atoms with E-state index in [-0.39, 0.29) is 0 Å². The first-order chi connectivity index (χ1) is 24.5. The summed E-state index contributed by atoms with van der Waals surface area (Å²) < 4.78 is 23.2. The van der Waals surface area contributed by atoms with Crippen LogP contribution in [0.15, 0.2) is 0 Å². The SMILES string of the molecule is CC.CC.CC.CC.CC.CC.CC.CC.CCCC1C(C)CCCOCOCCCC(C)C(CCC)C(C)CCCOCOCCCC1C. The van der Waals surface area contributed by atoms with Gasteiger partial charge >= 0.3 is 0 Å². The molecule has 316 valence electrons. The molecule has 0 N–H and O–H groups in total. The van der Waals surface area contributed by atoms with Crippen LogP contribution in [0.25, 0.3) is 0 Å². The molecule has 0 saturated carbocycles. The van der Waals surface area contributed by atoms with Gasteiger partial charge in [-0.05, 0) is 86.9 Å². The molecule has 1 heterocycles. The number of hydrogen-bond acceptors (Lipinski definition) is 4. The lowest BCUT2D eigenvalue weighted by molar-refractivity contribution is -0.0591. The molecule has 0 aromatic carbocycles. The second-order valence-corrected chi connectivity index (χ2v) is 11.3. The van der Waals surface area contributed by atoms with Crippen molar-refractivity contribution in [3.05, 3.63) is 0 Å². The van der Waals surface area contributed by atoms with E-state index in [1.54, 1.807) is 0 Å². The molecule has 4 unspecified atom stereocenters. The van der Waals surface area contributed by atoms with Crippen molar-refractivity contribution < 1.29 is 18.9 Å². The molecule has 0 amide bonds. The minimum Gasteiger partial charge on any atom is -0.355 e. The molecule has 50 heavy (non-hydrogen) atoms. The van der Waals surface area contributed by atoms with Gasteiger partial charge in [-0.2, -0.15) is 0 Å². The van der Waals surface area contributed by atoms with Gasteiger partial charge < -0.3 is 18.9 Å². The summed E-state index contributed by atoms with van der Waals surface area (Å²) in [6.45, 7) is 50.6. The standard InChI is InChI=1S/C30H60O4.8C2H6/c1-7-13-29-25(3)15-9-19-31-23-33-21-11-17-27(5)30(14-8-2)28(6)18-12-22-34-24-32-20-10-16-26(29)4;8*1-2/h25-30H,7-24H2,1-6H3;8*1-2H3. The van der Waals surface area contributed by atoms with Gasteiger partial charge in [0.2, 0.25) is 0 Å². The fourth-order valence-corrected chi connectivity index (χ4v) is 6.17. The first-order valence-corrected chi connectivity index (χ1v) is 22.8. The lowest BCUT2D eigenvalue weighted by Gasteiger charge is -2.30. The molecular weight excluding hydrogens is 617 g/mol. The van der Waals surface area contributed by atoms with Crippen molar-refractivity contribution in [1.82, 2.24) is 0 Å². The molecule has 0 spiro atoms. The van der Waals surface area contributed by atoms with Crippen LogP contribution in [-0.2, 0) is 18.9 Å². The molecule has 4 heteroatoms. The fraction of sp³-hybridized carbons (Fsp3) is 1.00. The quantitative estimate of drug-likeness (QED) is 0.289. The summed E-state index contributed by atoms with van der Waals surface area (Å²) in [6, 6.07) is 0. The van der Waals surface area contributed by atoms with Crippen molar-refractivity contribution in [3.8, 4) is 0 Å². The van der Waals surface area contributed by atoms with E-state index in [4.69, 9.17) is 18.9 Å². The van der Waals surface area contributed by atoms with Crippen LogP contribution in [0.3, 0.4) is 0 Å². The van der Waals surface area contributed by atoms with Crippen LogP contribution in [-0.4, -0.2) is 40.0 Å². The summed E-state index contributed by atoms with van der Waals surface area (Å²) in [5.74, 6) is 4.57. The smallest absolute Gasteiger partial charge is 0.146 e. The van der Waals surface area contributed by atoms with E-state index >= 15 is 0 Å². The molecule has 0 aliphatic carbocycles. The molecule has 1 rings (SSSR count). The minimum atomic E-state index is 0.451. The maximum Gasteiger partial charge on any atom is 0.146 e. The molecule has 4 nitrogen and oxygen atoms in total. The van der Waals surface area contributed by atoms with Crippen molar-refractivity contribution in [2.45, 2.75) is 229 Å². The third-order valence-corrected chi connectivity index (χ3v) is 8.29. The summed E-state index contributed by atoms with van der Waals surface area (Å²) >= 11 is 0. The van der Waals surface area contributed by atoms with E-state index in [0.29, 0.717) is 13.6 Å². The zero-order chi connectivity index (χ0) is 41.0. The van der Waals surface area contributed by atoms with Crippen molar-refractivity contribution in [1.29, 1.82) is 0 Å². The van der Waals surface area contributed by atoms with Gasteiger partial charge in [-0.15, -0.1) is 0 Å². The maximum atomic E-state index is 5.80. The third-order valence-electron chi connectivity index (χ3n) is 8.29. The Morgan fingerprint density at radius 3 is 0.680 bits per heavy atom. The van der Waals surface area contributed by atoms with Gasteiger partial charge in [-0.25, -0.2) is 0 Å². The Labute approximate surface area is 323 Å². The van der Waals surface area contributed by atoms with Crippen LogP contribution in [0.4, 0.5) is 0 Å². The Balaban J connectivity index is -0.000000160. The van der Waals surface area contributed by atoms with Gasteiger partial charge in [0, 0.05) is 26.4 Å². The Kier molecular flexibility index (Phi) is 95.7. The van der Waals surface area contributed by atoms with E-state index < -0.39 is 0 Å². The normalized spacial score (nSPS) is 23.9. The van der Waals surface area contributed by atoms with Gasteiger partial charge in [0.1, 0.15) is 13.6 Å². The van der Waals surface area contributed by atoms with Crippen molar-refractivity contribution in [2.24, 2.45) is 35.5 Å². The predicted octanol–water partition coefficient (Wildman–Crippen LogP) is 16.7. The molecule has 4 atom stereocenters. The van der Waals surface area contributed by atoms with E-state index in [9.17, 15) is 0 Å². The van der Waals surface area contributed by atoms with Crippen LogP contribution in [0.5, 0.6) is 0 Å². The highest BCUT2D eigenvalue weighted by Crippen LogP contribution is 2.33. The van der Waals surface area contributed by atoms with Gasteiger partial charge in [0.25, 0.3) is 0 Å². The Hall–Kier alpha value is -0.160. The lowest BCUT2D eigenvalue weighted by Crippen LogP contribution is -2.21. The summed E-state index contributed by atoms with van der Waals surface area (Å²) in [5.41, 5.74) is 0. The molecule has 1 aliphatic heterocycles. The molecule has 1 fully saturated rings. The van der Waals surface area contributed by atoms with Crippen molar-refractivity contribution in [3.63, 3.8) is 0 Å². The van der Waals surface area contributed by atoms with E-state index in [0.717, 1.165) is 87.6 Å². The highest BCUT2D eigenvalue weighted by molar-refractivity contribution is 4.74.